The van der Waals surface area contributed by atoms with Gasteiger partial charge in [-0.1, -0.05) is 6.07 Å². The quantitative estimate of drug-likeness (QED) is 0.679. The first-order chi connectivity index (χ1) is 14.1. The van der Waals surface area contributed by atoms with E-state index in [2.05, 4.69) is 15.0 Å². The lowest BCUT2D eigenvalue weighted by Crippen LogP contribution is -2.34. The lowest BCUT2D eigenvalue weighted by molar-refractivity contribution is -0.128. The molecule has 1 amide bonds. The number of methoxy groups -OCH3 is 1. The van der Waals surface area contributed by atoms with Crippen molar-refractivity contribution in [1.29, 1.82) is 0 Å². The smallest absolute Gasteiger partial charge is 0.225 e. The molecule has 1 aliphatic heterocycles. The van der Waals surface area contributed by atoms with Gasteiger partial charge >= 0.3 is 0 Å². The third-order valence-electron chi connectivity index (χ3n) is 5.06. The van der Waals surface area contributed by atoms with Crippen molar-refractivity contribution in [2.45, 2.75) is 13.3 Å². The fourth-order valence-corrected chi connectivity index (χ4v) is 3.44. The molecule has 0 spiro atoms. The zero-order valence-electron chi connectivity index (χ0n) is 16.7. The molecule has 1 aliphatic rings. The van der Waals surface area contributed by atoms with Crippen LogP contribution in [0, 0.1) is 0 Å². The predicted octanol–water partition coefficient (Wildman–Crippen LogP) is 2.40. The average Bonchev–Trinajstić information content (AvgIpc) is 3.11. The van der Waals surface area contributed by atoms with Crippen LogP contribution in [-0.2, 0) is 4.79 Å². The second-order valence-electron chi connectivity index (χ2n) is 6.96. The Labute approximate surface area is 169 Å². The molecule has 0 N–H and O–H groups in total. The monoisotopic (exact) mass is 392 g/mol. The van der Waals surface area contributed by atoms with Gasteiger partial charge in [0.15, 0.2) is 0 Å². The first-order valence-corrected chi connectivity index (χ1v) is 9.67. The maximum atomic E-state index is 11.7. The van der Waals surface area contributed by atoms with Crippen molar-refractivity contribution >= 4 is 11.9 Å². The summed E-state index contributed by atoms with van der Waals surface area (Å²) in [5.41, 5.74) is 2.65. The summed E-state index contributed by atoms with van der Waals surface area (Å²) in [5, 5.41) is 4.47. The molecular formula is C21H24N6O2. The van der Waals surface area contributed by atoms with E-state index in [1.54, 1.807) is 31.1 Å². The largest absolute Gasteiger partial charge is 0.497 e. The molecule has 0 radical (unpaired) electrons. The van der Waals surface area contributed by atoms with Gasteiger partial charge in [0.25, 0.3) is 0 Å². The SMILES string of the molecule is COc1cccc(-n2cc(-c3ccnc(N4CCCN(C(C)=O)CC4)n3)cn2)c1. The number of nitrogens with zero attached hydrogens (tertiary/aromatic N) is 6. The molecule has 0 atom stereocenters. The Morgan fingerprint density at radius 1 is 1.14 bits per heavy atom. The van der Waals surface area contributed by atoms with Crippen molar-refractivity contribution < 1.29 is 9.53 Å². The summed E-state index contributed by atoms with van der Waals surface area (Å²) in [6.45, 7) is 4.64. The van der Waals surface area contributed by atoms with Gasteiger partial charge in [0.05, 0.1) is 24.7 Å². The van der Waals surface area contributed by atoms with Crippen LogP contribution in [0.2, 0.25) is 0 Å². The van der Waals surface area contributed by atoms with E-state index < -0.39 is 0 Å². The van der Waals surface area contributed by atoms with E-state index in [4.69, 9.17) is 9.72 Å². The van der Waals surface area contributed by atoms with Gasteiger partial charge < -0.3 is 14.5 Å². The van der Waals surface area contributed by atoms with Crippen molar-refractivity contribution in [1.82, 2.24) is 24.6 Å². The van der Waals surface area contributed by atoms with Gasteiger partial charge in [0, 0.05) is 57.1 Å². The van der Waals surface area contributed by atoms with Crippen LogP contribution in [0.1, 0.15) is 13.3 Å². The number of carbonyl (C=O) groups excluding carboxylic acids is 1. The molecule has 4 rings (SSSR count). The number of amides is 1. The van der Waals surface area contributed by atoms with E-state index in [9.17, 15) is 4.79 Å². The van der Waals surface area contributed by atoms with Crippen LogP contribution in [0.5, 0.6) is 5.75 Å². The zero-order chi connectivity index (χ0) is 20.2. The third-order valence-corrected chi connectivity index (χ3v) is 5.06. The molecule has 0 bridgehead atoms. The van der Waals surface area contributed by atoms with Crippen LogP contribution >= 0.6 is 0 Å². The molecule has 8 heteroatoms. The summed E-state index contributed by atoms with van der Waals surface area (Å²) < 4.78 is 7.09. The molecule has 29 heavy (non-hydrogen) atoms. The van der Waals surface area contributed by atoms with Gasteiger partial charge in [-0.05, 0) is 24.6 Å². The van der Waals surface area contributed by atoms with Crippen molar-refractivity contribution in [2.24, 2.45) is 0 Å². The first kappa shape index (κ1) is 18.9. The van der Waals surface area contributed by atoms with E-state index in [0.717, 1.165) is 48.7 Å². The number of ether oxygens (including phenoxy) is 1. The molecule has 2 aromatic heterocycles. The number of benzene rings is 1. The third kappa shape index (κ3) is 4.21. The predicted molar refractivity (Wildman–Crippen MR) is 110 cm³/mol. The fourth-order valence-electron chi connectivity index (χ4n) is 3.44. The highest BCUT2D eigenvalue weighted by molar-refractivity contribution is 5.73. The molecule has 0 saturated carbocycles. The van der Waals surface area contributed by atoms with Crippen molar-refractivity contribution in [3.63, 3.8) is 0 Å². The van der Waals surface area contributed by atoms with Gasteiger partial charge in [-0.2, -0.15) is 5.10 Å². The molecule has 3 heterocycles. The van der Waals surface area contributed by atoms with Crippen LogP contribution in [0.15, 0.2) is 48.9 Å². The molecule has 150 valence electrons. The zero-order valence-corrected chi connectivity index (χ0v) is 16.7. The molecule has 1 fully saturated rings. The van der Waals surface area contributed by atoms with Crippen molar-refractivity contribution in [2.75, 3.05) is 38.2 Å². The molecule has 8 nitrogen and oxygen atoms in total. The molecule has 0 aliphatic carbocycles. The minimum absolute atomic E-state index is 0.117. The molecule has 1 saturated heterocycles. The van der Waals surface area contributed by atoms with Gasteiger partial charge in [0.1, 0.15) is 5.75 Å². The van der Waals surface area contributed by atoms with E-state index in [-0.39, 0.29) is 5.91 Å². The summed E-state index contributed by atoms with van der Waals surface area (Å²) >= 11 is 0. The fraction of sp³-hybridized carbons (Fsp3) is 0.333. The average molecular weight is 392 g/mol. The number of carbonyl (C=O) groups is 1. The Hall–Kier alpha value is -3.42. The van der Waals surface area contributed by atoms with E-state index in [0.29, 0.717) is 12.5 Å². The van der Waals surface area contributed by atoms with Crippen molar-refractivity contribution in [3.05, 3.63) is 48.9 Å². The minimum Gasteiger partial charge on any atom is -0.497 e. The summed E-state index contributed by atoms with van der Waals surface area (Å²) in [5.74, 6) is 1.58. The number of rotatable bonds is 4. The Morgan fingerprint density at radius 3 is 2.86 bits per heavy atom. The molecular weight excluding hydrogens is 368 g/mol. The van der Waals surface area contributed by atoms with E-state index in [1.807, 2.05) is 41.4 Å². The second kappa shape index (κ2) is 8.30. The maximum Gasteiger partial charge on any atom is 0.225 e. The molecule has 1 aromatic carbocycles. The van der Waals surface area contributed by atoms with Crippen LogP contribution in [0.25, 0.3) is 16.9 Å². The van der Waals surface area contributed by atoms with Crippen LogP contribution in [-0.4, -0.2) is 63.8 Å². The Kier molecular flexibility index (Phi) is 5.41. The number of aromatic nitrogens is 4. The summed E-state index contributed by atoms with van der Waals surface area (Å²) in [6, 6.07) is 9.63. The van der Waals surface area contributed by atoms with Gasteiger partial charge in [-0.15, -0.1) is 0 Å². The Morgan fingerprint density at radius 2 is 2.03 bits per heavy atom. The van der Waals surface area contributed by atoms with Gasteiger partial charge in [-0.25, -0.2) is 14.6 Å². The number of hydrogen-bond donors (Lipinski definition) is 0. The summed E-state index contributed by atoms with van der Waals surface area (Å²) in [6.07, 6.45) is 6.42. The van der Waals surface area contributed by atoms with Gasteiger partial charge in [0.2, 0.25) is 11.9 Å². The van der Waals surface area contributed by atoms with Crippen LogP contribution in [0.4, 0.5) is 5.95 Å². The van der Waals surface area contributed by atoms with Gasteiger partial charge in [-0.3, -0.25) is 4.79 Å². The summed E-state index contributed by atoms with van der Waals surface area (Å²) in [4.78, 5) is 24.9. The molecule has 0 unspecified atom stereocenters. The topological polar surface area (TPSA) is 76.4 Å². The second-order valence-corrected chi connectivity index (χ2v) is 6.96. The first-order valence-electron chi connectivity index (χ1n) is 9.67. The number of anilines is 1. The number of hydrogen-bond acceptors (Lipinski definition) is 6. The minimum atomic E-state index is 0.117. The lowest BCUT2D eigenvalue weighted by Gasteiger charge is -2.21. The standard InChI is InChI=1S/C21H24N6O2/c1-16(28)25-9-4-10-26(12-11-25)21-22-8-7-20(24-21)17-14-23-27(15-17)18-5-3-6-19(13-18)29-2/h3,5-8,13-15H,4,9-12H2,1-2H3. The Bertz CT molecular complexity index is 1000. The highest BCUT2D eigenvalue weighted by Crippen LogP contribution is 2.22. The highest BCUT2D eigenvalue weighted by atomic mass is 16.5. The maximum absolute atomic E-state index is 11.7. The van der Waals surface area contributed by atoms with Crippen molar-refractivity contribution in [3.8, 4) is 22.7 Å². The van der Waals surface area contributed by atoms with E-state index >= 15 is 0 Å². The van der Waals surface area contributed by atoms with Crippen LogP contribution in [0.3, 0.4) is 0 Å². The molecule has 3 aromatic rings. The van der Waals surface area contributed by atoms with Crippen LogP contribution < -0.4 is 9.64 Å². The Balaban J connectivity index is 1.55. The lowest BCUT2D eigenvalue weighted by atomic mass is 10.2. The normalized spacial score (nSPS) is 14.6. The summed E-state index contributed by atoms with van der Waals surface area (Å²) in [7, 11) is 1.65. The van der Waals surface area contributed by atoms with E-state index in [1.165, 1.54) is 0 Å². The highest BCUT2D eigenvalue weighted by Gasteiger charge is 2.19.